The zero-order chi connectivity index (χ0) is 19.9. The van der Waals surface area contributed by atoms with Crippen LogP contribution in [0.1, 0.15) is 45.1 Å². The van der Waals surface area contributed by atoms with Crippen molar-refractivity contribution in [2.45, 2.75) is 52.0 Å². The summed E-state index contributed by atoms with van der Waals surface area (Å²) in [7, 11) is 0. The van der Waals surface area contributed by atoms with Crippen molar-refractivity contribution in [3.05, 3.63) is 29.8 Å². The highest BCUT2D eigenvalue weighted by molar-refractivity contribution is 5.93. The number of piperazine rings is 1. The number of nitrogens with zero attached hydrogens (tertiary/aromatic N) is 2. The Kier molecular flexibility index (Phi) is 7.31. The van der Waals surface area contributed by atoms with E-state index >= 15 is 0 Å². The Labute approximate surface area is 168 Å². The van der Waals surface area contributed by atoms with Crippen molar-refractivity contribution in [2.75, 3.05) is 38.0 Å². The summed E-state index contributed by atoms with van der Waals surface area (Å²) >= 11 is 0. The number of hydrogen-bond donors (Lipinski definition) is 2. The number of benzene rings is 1. The fourth-order valence-corrected chi connectivity index (χ4v) is 4.12. The lowest BCUT2D eigenvalue weighted by atomic mass is 9.87. The van der Waals surface area contributed by atoms with Gasteiger partial charge < -0.3 is 15.5 Å². The second-order valence-corrected chi connectivity index (χ2v) is 8.23. The lowest BCUT2D eigenvalue weighted by molar-refractivity contribution is -0.117. The van der Waals surface area contributed by atoms with Gasteiger partial charge in [0.1, 0.15) is 0 Å². The molecule has 6 heteroatoms. The van der Waals surface area contributed by atoms with Gasteiger partial charge in [-0.1, -0.05) is 32.0 Å². The standard InChI is InChI=1S/C22H34N4O2/c1-3-18-6-4-5-7-20(18)24-21(27)16-25-12-14-26(15-13-25)22(28)23-19-10-8-17(2)9-11-19/h4-7,17,19H,3,8-16H2,1-2H3,(H,23,28)(H,24,27). The average molecular weight is 387 g/mol. The molecular weight excluding hydrogens is 352 g/mol. The molecule has 0 spiro atoms. The first-order valence-corrected chi connectivity index (χ1v) is 10.7. The molecule has 0 bridgehead atoms. The number of urea groups is 1. The number of nitrogens with one attached hydrogen (secondary N) is 2. The van der Waals surface area contributed by atoms with Crippen molar-refractivity contribution >= 4 is 17.6 Å². The molecule has 1 aliphatic heterocycles. The summed E-state index contributed by atoms with van der Waals surface area (Å²) in [4.78, 5) is 28.9. The van der Waals surface area contributed by atoms with E-state index in [0.29, 0.717) is 25.7 Å². The molecule has 1 saturated carbocycles. The Morgan fingerprint density at radius 1 is 1.04 bits per heavy atom. The molecule has 6 nitrogen and oxygen atoms in total. The number of carbonyl (C=O) groups excluding carboxylic acids is 2. The van der Waals surface area contributed by atoms with Crippen LogP contribution in [0.2, 0.25) is 0 Å². The largest absolute Gasteiger partial charge is 0.335 e. The van der Waals surface area contributed by atoms with Gasteiger partial charge >= 0.3 is 6.03 Å². The fourth-order valence-electron chi connectivity index (χ4n) is 4.12. The molecule has 3 rings (SSSR count). The van der Waals surface area contributed by atoms with E-state index in [1.807, 2.05) is 29.2 Å². The zero-order valence-electron chi connectivity index (χ0n) is 17.2. The van der Waals surface area contributed by atoms with Crippen molar-refractivity contribution in [3.8, 4) is 0 Å². The number of para-hydroxylation sites is 1. The SMILES string of the molecule is CCc1ccccc1NC(=O)CN1CCN(C(=O)NC2CCC(C)CC2)CC1. The van der Waals surface area contributed by atoms with Gasteiger partial charge in [0.05, 0.1) is 6.54 Å². The summed E-state index contributed by atoms with van der Waals surface area (Å²) in [6, 6.07) is 8.31. The Balaban J connectivity index is 1.40. The number of amides is 3. The van der Waals surface area contributed by atoms with E-state index in [4.69, 9.17) is 0 Å². The highest BCUT2D eigenvalue weighted by atomic mass is 16.2. The van der Waals surface area contributed by atoms with E-state index in [-0.39, 0.29) is 11.9 Å². The van der Waals surface area contributed by atoms with Crippen LogP contribution < -0.4 is 10.6 Å². The van der Waals surface area contributed by atoms with Crippen LogP contribution in [0.5, 0.6) is 0 Å². The molecule has 0 atom stereocenters. The minimum Gasteiger partial charge on any atom is -0.335 e. The van der Waals surface area contributed by atoms with Crippen LogP contribution in [-0.4, -0.2) is 60.5 Å². The Bertz CT molecular complexity index is 662. The summed E-state index contributed by atoms with van der Waals surface area (Å²) in [6.07, 6.45) is 5.48. The molecule has 0 aromatic heterocycles. The molecule has 1 aromatic rings. The average Bonchev–Trinajstić information content (AvgIpc) is 2.70. The first kappa shape index (κ1) is 20.6. The van der Waals surface area contributed by atoms with Gasteiger partial charge in [0, 0.05) is 37.9 Å². The zero-order valence-corrected chi connectivity index (χ0v) is 17.2. The minimum absolute atomic E-state index is 0.00938. The second kappa shape index (κ2) is 9.92. The van der Waals surface area contributed by atoms with Crippen molar-refractivity contribution < 1.29 is 9.59 Å². The number of rotatable bonds is 5. The number of hydrogen-bond acceptors (Lipinski definition) is 3. The molecule has 3 amide bonds. The molecule has 1 aromatic carbocycles. The van der Waals surface area contributed by atoms with Crippen LogP contribution in [-0.2, 0) is 11.2 Å². The molecule has 28 heavy (non-hydrogen) atoms. The first-order valence-electron chi connectivity index (χ1n) is 10.7. The second-order valence-electron chi connectivity index (χ2n) is 8.23. The van der Waals surface area contributed by atoms with Gasteiger partial charge in [0.15, 0.2) is 0 Å². The molecule has 1 saturated heterocycles. The predicted molar refractivity (Wildman–Crippen MR) is 112 cm³/mol. The van der Waals surface area contributed by atoms with Crippen LogP contribution in [0.4, 0.5) is 10.5 Å². The monoisotopic (exact) mass is 386 g/mol. The topological polar surface area (TPSA) is 64.7 Å². The summed E-state index contributed by atoms with van der Waals surface area (Å²) < 4.78 is 0. The Morgan fingerprint density at radius 3 is 2.39 bits per heavy atom. The highest BCUT2D eigenvalue weighted by Gasteiger charge is 2.25. The van der Waals surface area contributed by atoms with Crippen LogP contribution >= 0.6 is 0 Å². The van der Waals surface area contributed by atoms with Gasteiger partial charge in [-0.05, 0) is 49.7 Å². The summed E-state index contributed by atoms with van der Waals surface area (Å²) in [5.74, 6) is 0.794. The number of anilines is 1. The van der Waals surface area contributed by atoms with Crippen LogP contribution in [0.3, 0.4) is 0 Å². The van der Waals surface area contributed by atoms with E-state index in [1.54, 1.807) is 0 Å². The lowest BCUT2D eigenvalue weighted by Gasteiger charge is -2.36. The molecule has 2 fully saturated rings. The maximum atomic E-state index is 12.5. The van der Waals surface area contributed by atoms with Gasteiger partial charge in [-0.2, -0.15) is 0 Å². The third-order valence-corrected chi connectivity index (χ3v) is 6.04. The van der Waals surface area contributed by atoms with Gasteiger partial charge in [-0.15, -0.1) is 0 Å². The molecule has 0 unspecified atom stereocenters. The number of carbonyl (C=O) groups is 2. The molecule has 2 aliphatic rings. The van der Waals surface area contributed by atoms with Crippen molar-refractivity contribution in [2.24, 2.45) is 5.92 Å². The number of aryl methyl sites for hydroxylation is 1. The van der Waals surface area contributed by atoms with E-state index in [1.165, 1.54) is 12.8 Å². The van der Waals surface area contributed by atoms with E-state index < -0.39 is 0 Å². The minimum atomic E-state index is 0.00938. The molecule has 2 N–H and O–H groups in total. The third kappa shape index (κ3) is 5.71. The van der Waals surface area contributed by atoms with Gasteiger partial charge in [-0.25, -0.2) is 4.79 Å². The van der Waals surface area contributed by atoms with Crippen molar-refractivity contribution in [3.63, 3.8) is 0 Å². The lowest BCUT2D eigenvalue weighted by Crippen LogP contribution is -2.54. The van der Waals surface area contributed by atoms with E-state index in [2.05, 4.69) is 29.4 Å². The molecule has 1 heterocycles. The van der Waals surface area contributed by atoms with Gasteiger partial charge in [0.25, 0.3) is 0 Å². The van der Waals surface area contributed by atoms with Crippen molar-refractivity contribution in [1.29, 1.82) is 0 Å². The smallest absolute Gasteiger partial charge is 0.317 e. The van der Waals surface area contributed by atoms with E-state index in [9.17, 15) is 9.59 Å². The highest BCUT2D eigenvalue weighted by Crippen LogP contribution is 2.23. The van der Waals surface area contributed by atoms with Crippen molar-refractivity contribution in [1.82, 2.24) is 15.1 Å². The maximum Gasteiger partial charge on any atom is 0.317 e. The third-order valence-electron chi connectivity index (χ3n) is 6.04. The quantitative estimate of drug-likeness (QED) is 0.817. The molecule has 1 aliphatic carbocycles. The molecule has 0 radical (unpaired) electrons. The Hall–Kier alpha value is -2.08. The summed E-state index contributed by atoms with van der Waals surface area (Å²) in [5.41, 5.74) is 2.05. The summed E-state index contributed by atoms with van der Waals surface area (Å²) in [5, 5.41) is 6.23. The fraction of sp³-hybridized carbons (Fsp3) is 0.636. The summed E-state index contributed by atoms with van der Waals surface area (Å²) in [6.45, 7) is 7.56. The Morgan fingerprint density at radius 2 is 1.71 bits per heavy atom. The van der Waals surface area contributed by atoms with Crippen LogP contribution in [0, 0.1) is 5.92 Å². The normalized spacial score (nSPS) is 23.3. The van der Waals surface area contributed by atoms with Crippen LogP contribution in [0.25, 0.3) is 0 Å². The van der Waals surface area contributed by atoms with Gasteiger partial charge in [0.2, 0.25) is 5.91 Å². The first-order chi connectivity index (χ1) is 13.5. The maximum absolute atomic E-state index is 12.5. The van der Waals surface area contributed by atoms with E-state index in [0.717, 1.165) is 49.5 Å². The van der Waals surface area contributed by atoms with Gasteiger partial charge in [-0.3, -0.25) is 9.69 Å². The molecular formula is C22H34N4O2. The molecule has 154 valence electrons. The van der Waals surface area contributed by atoms with Crippen LogP contribution in [0.15, 0.2) is 24.3 Å². The predicted octanol–water partition coefficient (Wildman–Crippen LogP) is 3.09.